The lowest BCUT2D eigenvalue weighted by atomic mass is 10.1. The first-order chi connectivity index (χ1) is 11.4. The van der Waals surface area contributed by atoms with Gasteiger partial charge in [0.2, 0.25) is 0 Å². The van der Waals surface area contributed by atoms with E-state index in [9.17, 15) is 14.0 Å². The predicted octanol–water partition coefficient (Wildman–Crippen LogP) is 3.75. The van der Waals surface area contributed by atoms with Gasteiger partial charge in [-0.2, -0.15) is 0 Å². The summed E-state index contributed by atoms with van der Waals surface area (Å²) in [7, 11) is 0. The molecule has 0 fully saturated rings. The summed E-state index contributed by atoms with van der Waals surface area (Å²) in [4.78, 5) is 25.1. The highest BCUT2D eigenvalue weighted by atomic mass is 35.5. The van der Waals surface area contributed by atoms with E-state index in [1.807, 2.05) is 5.32 Å². The van der Waals surface area contributed by atoms with Gasteiger partial charge in [0, 0.05) is 18.3 Å². The molecule has 6 nitrogen and oxygen atoms in total. The maximum absolute atomic E-state index is 13.6. The van der Waals surface area contributed by atoms with Crippen molar-refractivity contribution in [2.45, 2.75) is 6.42 Å². The average Bonchev–Trinajstić information content (AvgIpc) is 2.82. The van der Waals surface area contributed by atoms with E-state index in [1.54, 1.807) is 0 Å². The van der Waals surface area contributed by atoms with Crippen molar-refractivity contribution in [3.63, 3.8) is 0 Å². The van der Waals surface area contributed by atoms with Crippen LogP contribution in [0.15, 0.2) is 35.3 Å². The quantitative estimate of drug-likeness (QED) is 0.656. The van der Waals surface area contributed by atoms with Gasteiger partial charge in [-0.1, -0.05) is 29.3 Å². The third-order valence-corrected chi connectivity index (χ3v) is 4.20. The van der Waals surface area contributed by atoms with Gasteiger partial charge in [0.1, 0.15) is 16.5 Å². The van der Waals surface area contributed by atoms with Crippen LogP contribution in [0.25, 0.3) is 5.52 Å². The number of aromatic nitrogens is 2. The van der Waals surface area contributed by atoms with Gasteiger partial charge < -0.3 is 10.1 Å². The van der Waals surface area contributed by atoms with Crippen LogP contribution < -0.4 is 10.9 Å². The summed E-state index contributed by atoms with van der Waals surface area (Å²) in [6.45, 7) is 0. The van der Waals surface area contributed by atoms with Crippen molar-refractivity contribution in [2.24, 2.45) is 0 Å². The standard InChI is InChI=1S/C15H10Cl2FN3O3/c16-9-5-12-14(22)19-6-8(21(12)13(9)17)3-7-1-2-10(18)11(4-7)20-15(23)24/h1-2,4-6,20H,3H2,(H,19,22)(H,23,24). The molecule has 0 atom stereocenters. The number of H-pyrrole nitrogens is 1. The van der Waals surface area contributed by atoms with Gasteiger partial charge in [-0.3, -0.25) is 14.5 Å². The van der Waals surface area contributed by atoms with Gasteiger partial charge >= 0.3 is 6.09 Å². The first-order valence-corrected chi connectivity index (χ1v) is 7.48. The van der Waals surface area contributed by atoms with E-state index in [2.05, 4.69) is 4.98 Å². The van der Waals surface area contributed by atoms with E-state index >= 15 is 0 Å². The molecule has 9 heteroatoms. The number of carbonyl (C=O) groups is 1. The van der Waals surface area contributed by atoms with E-state index in [-0.39, 0.29) is 33.4 Å². The number of hydrogen-bond donors (Lipinski definition) is 3. The first kappa shape index (κ1) is 16.4. The Bertz CT molecular complexity index is 1010. The Hall–Kier alpha value is -2.51. The van der Waals surface area contributed by atoms with Crippen LogP contribution in [-0.4, -0.2) is 20.6 Å². The summed E-state index contributed by atoms with van der Waals surface area (Å²) in [5, 5.41) is 11.2. The Morgan fingerprint density at radius 1 is 1.33 bits per heavy atom. The molecule has 1 amide bonds. The zero-order valence-electron chi connectivity index (χ0n) is 11.9. The molecule has 0 spiro atoms. The summed E-state index contributed by atoms with van der Waals surface area (Å²) in [5.74, 6) is -0.685. The van der Waals surface area contributed by atoms with Crippen LogP contribution in [0.3, 0.4) is 0 Å². The number of halogens is 3. The van der Waals surface area contributed by atoms with E-state index in [1.165, 1.54) is 28.8 Å². The molecule has 3 rings (SSSR count). The van der Waals surface area contributed by atoms with Gasteiger partial charge in [0.05, 0.1) is 10.7 Å². The number of anilines is 1. The number of hydrogen-bond acceptors (Lipinski definition) is 2. The molecule has 3 aromatic rings. The van der Waals surface area contributed by atoms with Gasteiger partial charge in [0.25, 0.3) is 5.56 Å². The van der Waals surface area contributed by atoms with Crippen LogP contribution in [0.1, 0.15) is 11.3 Å². The van der Waals surface area contributed by atoms with E-state index in [0.29, 0.717) is 11.3 Å². The largest absolute Gasteiger partial charge is 0.465 e. The zero-order valence-corrected chi connectivity index (χ0v) is 13.5. The number of benzene rings is 1. The van der Waals surface area contributed by atoms with Crippen molar-refractivity contribution >= 4 is 40.5 Å². The minimum absolute atomic E-state index is 0.155. The normalized spacial score (nSPS) is 11.0. The van der Waals surface area contributed by atoms with E-state index in [0.717, 1.165) is 6.07 Å². The molecule has 3 N–H and O–H groups in total. The maximum Gasteiger partial charge on any atom is 0.409 e. The Balaban J connectivity index is 2.06. The van der Waals surface area contributed by atoms with Crippen molar-refractivity contribution in [1.29, 1.82) is 0 Å². The lowest BCUT2D eigenvalue weighted by molar-refractivity contribution is 0.209. The number of fused-ring (bicyclic) bond motifs is 1. The SMILES string of the molecule is O=C(O)Nc1cc(Cc2c[nH]c(=O)c3cc(Cl)c(Cl)n23)ccc1F. The number of carboxylic acid groups (broad SMARTS) is 1. The van der Waals surface area contributed by atoms with Crippen molar-refractivity contribution in [1.82, 2.24) is 9.38 Å². The molecule has 124 valence electrons. The van der Waals surface area contributed by atoms with Crippen molar-refractivity contribution in [2.75, 3.05) is 5.32 Å². The third kappa shape index (κ3) is 2.95. The molecule has 0 aliphatic carbocycles. The number of amides is 1. The molecule has 1 aromatic carbocycles. The van der Waals surface area contributed by atoms with Gasteiger partial charge in [-0.15, -0.1) is 0 Å². The maximum atomic E-state index is 13.6. The Kier molecular flexibility index (Phi) is 4.21. The zero-order chi connectivity index (χ0) is 17.4. The highest BCUT2D eigenvalue weighted by molar-refractivity contribution is 6.42. The van der Waals surface area contributed by atoms with Gasteiger partial charge in [-0.25, -0.2) is 9.18 Å². The smallest absolute Gasteiger partial charge is 0.409 e. The van der Waals surface area contributed by atoms with Crippen molar-refractivity contribution in [3.05, 3.63) is 68.1 Å². The molecule has 0 saturated carbocycles. The van der Waals surface area contributed by atoms with Crippen molar-refractivity contribution < 1.29 is 14.3 Å². The topological polar surface area (TPSA) is 86.6 Å². The first-order valence-electron chi connectivity index (χ1n) is 6.72. The molecule has 2 aromatic heterocycles. The van der Waals surface area contributed by atoms with Crippen molar-refractivity contribution in [3.8, 4) is 0 Å². The molecule has 0 unspecified atom stereocenters. The van der Waals surface area contributed by atoms with E-state index < -0.39 is 11.9 Å². The summed E-state index contributed by atoms with van der Waals surface area (Å²) in [6.07, 6.45) is 0.385. The Labute approximate surface area is 144 Å². The number of nitrogens with zero attached hydrogens (tertiary/aromatic N) is 1. The minimum Gasteiger partial charge on any atom is -0.465 e. The summed E-state index contributed by atoms with van der Waals surface area (Å²) < 4.78 is 15.1. The molecule has 2 heterocycles. The number of nitrogens with one attached hydrogen (secondary N) is 2. The van der Waals surface area contributed by atoms with Crippen LogP contribution in [-0.2, 0) is 6.42 Å². The predicted molar refractivity (Wildman–Crippen MR) is 88.9 cm³/mol. The molecule has 0 aliphatic rings. The Morgan fingerprint density at radius 2 is 2.08 bits per heavy atom. The second-order valence-electron chi connectivity index (χ2n) is 5.03. The van der Waals surface area contributed by atoms with E-state index in [4.69, 9.17) is 28.3 Å². The second-order valence-corrected chi connectivity index (χ2v) is 5.80. The summed E-state index contributed by atoms with van der Waals surface area (Å²) in [6, 6.07) is 5.50. The number of rotatable bonds is 3. The lowest BCUT2D eigenvalue weighted by Crippen LogP contribution is -2.12. The monoisotopic (exact) mass is 369 g/mol. The molecule has 24 heavy (non-hydrogen) atoms. The summed E-state index contributed by atoms with van der Waals surface area (Å²) in [5.41, 5.74) is 1.01. The fourth-order valence-corrected chi connectivity index (χ4v) is 2.87. The molecule has 0 saturated heterocycles. The molecular formula is C15H10Cl2FN3O3. The van der Waals surface area contributed by atoms with Crippen LogP contribution in [0, 0.1) is 5.82 Å². The minimum atomic E-state index is -1.36. The molecule has 0 bridgehead atoms. The molecule has 0 aliphatic heterocycles. The molecular weight excluding hydrogens is 360 g/mol. The fourth-order valence-electron chi connectivity index (χ4n) is 2.42. The van der Waals surface area contributed by atoms with Crippen LogP contribution in [0.5, 0.6) is 0 Å². The highest BCUT2D eigenvalue weighted by Crippen LogP contribution is 2.27. The van der Waals surface area contributed by atoms with Gasteiger partial charge in [0.15, 0.2) is 0 Å². The highest BCUT2D eigenvalue weighted by Gasteiger charge is 2.14. The third-order valence-electron chi connectivity index (χ3n) is 3.45. The fraction of sp³-hybridized carbons (Fsp3) is 0.0667. The van der Waals surface area contributed by atoms with Crippen LogP contribution in [0.2, 0.25) is 10.2 Å². The van der Waals surface area contributed by atoms with Crippen LogP contribution in [0.4, 0.5) is 14.9 Å². The van der Waals surface area contributed by atoms with Crippen LogP contribution >= 0.6 is 23.2 Å². The Morgan fingerprint density at radius 3 is 2.79 bits per heavy atom. The van der Waals surface area contributed by atoms with Gasteiger partial charge in [-0.05, 0) is 23.8 Å². The lowest BCUT2D eigenvalue weighted by Gasteiger charge is -2.09. The summed E-state index contributed by atoms with van der Waals surface area (Å²) >= 11 is 12.1. The average molecular weight is 370 g/mol. The second kappa shape index (κ2) is 6.18. The number of aromatic amines is 1. The molecule has 0 radical (unpaired) electrons.